The second-order valence-corrected chi connectivity index (χ2v) is 2.98. The number of ether oxygens (including phenoxy) is 2. The molecule has 0 radical (unpaired) electrons. The van der Waals surface area contributed by atoms with Gasteiger partial charge in [-0.3, -0.25) is 0 Å². The molecule has 0 aromatic carbocycles. The molecule has 1 fully saturated rings. The van der Waals surface area contributed by atoms with E-state index in [4.69, 9.17) is 14.6 Å². The van der Waals surface area contributed by atoms with Gasteiger partial charge in [-0.1, -0.05) is 0 Å². The number of carbonyl (C=O) groups is 1. The highest BCUT2D eigenvalue weighted by molar-refractivity contribution is 5.72. The number of hydrogen-bond donors (Lipinski definition) is 1. The Morgan fingerprint density at radius 3 is 2.64 bits per heavy atom. The largest absolute Gasteiger partial charge is 0.479 e. The smallest absolute Gasteiger partial charge is 0.333 e. The van der Waals surface area contributed by atoms with E-state index in [1.54, 1.807) is 13.8 Å². The van der Waals surface area contributed by atoms with Gasteiger partial charge in [-0.05, 0) is 13.8 Å². The molecular weight excluding hydrogens is 148 g/mol. The summed E-state index contributed by atoms with van der Waals surface area (Å²) in [7, 11) is 0. The molecule has 1 aliphatic heterocycles. The summed E-state index contributed by atoms with van der Waals surface area (Å²) in [5, 5.41) is 8.59. The van der Waals surface area contributed by atoms with Crippen LogP contribution in [0.1, 0.15) is 20.3 Å². The van der Waals surface area contributed by atoms with E-state index in [1.165, 1.54) is 0 Å². The summed E-state index contributed by atoms with van der Waals surface area (Å²) in [6, 6.07) is 0. The van der Waals surface area contributed by atoms with Crippen molar-refractivity contribution in [3.63, 3.8) is 0 Å². The highest BCUT2D eigenvalue weighted by Crippen LogP contribution is 2.21. The number of rotatable bonds is 1. The van der Waals surface area contributed by atoms with Crippen molar-refractivity contribution in [2.75, 3.05) is 6.61 Å². The van der Waals surface area contributed by atoms with Crippen LogP contribution in [0.3, 0.4) is 0 Å². The van der Waals surface area contributed by atoms with Gasteiger partial charge in [-0.25, -0.2) is 4.79 Å². The quantitative estimate of drug-likeness (QED) is 0.610. The summed E-state index contributed by atoms with van der Waals surface area (Å²) in [4.78, 5) is 10.5. The molecule has 1 atom stereocenters. The number of carboxylic acid groups (broad SMARTS) is 1. The number of carboxylic acids is 1. The average molecular weight is 160 g/mol. The fraction of sp³-hybridized carbons (Fsp3) is 0.857. The van der Waals surface area contributed by atoms with Gasteiger partial charge in [0, 0.05) is 6.42 Å². The van der Waals surface area contributed by atoms with Crippen LogP contribution in [0.5, 0.6) is 0 Å². The van der Waals surface area contributed by atoms with Gasteiger partial charge in [0.25, 0.3) is 0 Å². The summed E-state index contributed by atoms with van der Waals surface area (Å²) in [5.74, 6) is -1.66. The van der Waals surface area contributed by atoms with Crippen molar-refractivity contribution >= 4 is 5.97 Å². The Bertz CT molecular complexity index is 164. The standard InChI is InChI=1S/C7H12O4/c1-7(2)10-4-3-5(11-7)6(8)9/h5H,3-4H2,1-2H3,(H,8,9). The molecule has 0 amide bonds. The minimum Gasteiger partial charge on any atom is -0.479 e. The second-order valence-electron chi connectivity index (χ2n) is 2.98. The molecule has 1 aliphatic rings. The summed E-state index contributed by atoms with van der Waals surface area (Å²) in [6.45, 7) is 3.87. The molecular formula is C7H12O4. The zero-order chi connectivity index (χ0) is 8.48. The third-order valence-electron chi connectivity index (χ3n) is 1.53. The van der Waals surface area contributed by atoms with Crippen LogP contribution in [-0.4, -0.2) is 29.6 Å². The molecule has 0 bridgehead atoms. The summed E-state index contributed by atoms with van der Waals surface area (Å²) < 4.78 is 10.3. The molecule has 64 valence electrons. The molecule has 1 N–H and O–H groups in total. The van der Waals surface area contributed by atoms with Crippen LogP contribution < -0.4 is 0 Å². The molecule has 4 nitrogen and oxygen atoms in total. The van der Waals surface area contributed by atoms with Crippen LogP contribution in [0.15, 0.2) is 0 Å². The molecule has 1 saturated heterocycles. The lowest BCUT2D eigenvalue weighted by Gasteiger charge is -2.33. The maximum Gasteiger partial charge on any atom is 0.333 e. The van der Waals surface area contributed by atoms with Crippen molar-refractivity contribution in [2.45, 2.75) is 32.2 Å². The first kappa shape index (κ1) is 8.49. The third kappa shape index (κ3) is 2.17. The summed E-state index contributed by atoms with van der Waals surface area (Å²) in [5.41, 5.74) is 0. The second kappa shape index (κ2) is 2.79. The Balaban J connectivity index is 2.53. The van der Waals surface area contributed by atoms with Crippen molar-refractivity contribution in [3.05, 3.63) is 0 Å². The normalized spacial score (nSPS) is 29.8. The Kier molecular flexibility index (Phi) is 2.15. The molecule has 11 heavy (non-hydrogen) atoms. The monoisotopic (exact) mass is 160 g/mol. The van der Waals surface area contributed by atoms with Crippen molar-refractivity contribution in [1.82, 2.24) is 0 Å². The SMILES string of the molecule is CC1(C)OCCC(C(=O)O)O1. The van der Waals surface area contributed by atoms with Crippen LogP contribution in [0.25, 0.3) is 0 Å². The van der Waals surface area contributed by atoms with E-state index in [1.807, 2.05) is 0 Å². The van der Waals surface area contributed by atoms with E-state index in [0.717, 1.165) is 0 Å². The van der Waals surface area contributed by atoms with Crippen LogP contribution in [0.4, 0.5) is 0 Å². The predicted molar refractivity (Wildman–Crippen MR) is 37.2 cm³/mol. The minimum atomic E-state index is -0.915. The van der Waals surface area contributed by atoms with Gasteiger partial charge in [0.05, 0.1) is 6.61 Å². The van der Waals surface area contributed by atoms with Crippen LogP contribution in [-0.2, 0) is 14.3 Å². The summed E-state index contributed by atoms with van der Waals surface area (Å²) >= 11 is 0. The van der Waals surface area contributed by atoms with Crippen LogP contribution in [0, 0.1) is 0 Å². The van der Waals surface area contributed by atoms with Crippen LogP contribution in [0.2, 0.25) is 0 Å². The van der Waals surface area contributed by atoms with Crippen molar-refractivity contribution < 1.29 is 19.4 Å². The Labute approximate surface area is 65.1 Å². The van der Waals surface area contributed by atoms with Crippen molar-refractivity contribution in [2.24, 2.45) is 0 Å². The molecule has 1 heterocycles. The minimum absolute atomic E-state index is 0.429. The molecule has 4 heteroatoms. The van der Waals surface area contributed by atoms with Gasteiger partial charge < -0.3 is 14.6 Å². The maximum absolute atomic E-state index is 10.5. The van der Waals surface area contributed by atoms with Crippen LogP contribution >= 0.6 is 0 Å². The van der Waals surface area contributed by atoms with E-state index in [0.29, 0.717) is 13.0 Å². The Morgan fingerprint density at radius 2 is 2.27 bits per heavy atom. The molecule has 0 spiro atoms. The third-order valence-corrected chi connectivity index (χ3v) is 1.53. The first-order valence-corrected chi connectivity index (χ1v) is 3.56. The highest BCUT2D eigenvalue weighted by Gasteiger charge is 2.33. The molecule has 0 aliphatic carbocycles. The van der Waals surface area contributed by atoms with E-state index < -0.39 is 17.9 Å². The first-order valence-electron chi connectivity index (χ1n) is 3.56. The fourth-order valence-corrected chi connectivity index (χ4v) is 1.02. The lowest BCUT2D eigenvalue weighted by molar-refractivity contribution is -0.272. The zero-order valence-electron chi connectivity index (χ0n) is 6.66. The van der Waals surface area contributed by atoms with Crippen molar-refractivity contribution in [1.29, 1.82) is 0 Å². The molecule has 0 aromatic heterocycles. The Morgan fingerprint density at radius 1 is 1.64 bits per heavy atom. The topological polar surface area (TPSA) is 55.8 Å². The first-order chi connectivity index (χ1) is 5.01. The molecule has 0 saturated carbocycles. The summed E-state index contributed by atoms with van der Waals surface area (Å²) in [6.07, 6.45) is -0.280. The van der Waals surface area contributed by atoms with E-state index in [9.17, 15) is 4.79 Å². The highest BCUT2D eigenvalue weighted by atomic mass is 16.7. The molecule has 1 rings (SSSR count). The van der Waals surface area contributed by atoms with E-state index >= 15 is 0 Å². The lowest BCUT2D eigenvalue weighted by atomic mass is 10.2. The van der Waals surface area contributed by atoms with Gasteiger partial charge in [0.1, 0.15) is 0 Å². The molecule has 0 aromatic rings. The lowest BCUT2D eigenvalue weighted by Crippen LogP contribution is -2.43. The Hall–Kier alpha value is -0.610. The van der Waals surface area contributed by atoms with Gasteiger partial charge >= 0.3 is 5.97 Å². The van der Waals surface area contributed by atoms with E-state index in [-0.39, 0.29) is 0 Å². The molecule has 1 unspecified atom stereocenters. The average Bonchev–Trinajstić information content (AvgIpc) is 1.85. The van der Waals surface area contributed by atoms with Gasteiger partial charge in [-0.15, -0.1) is 0 Å². The number of hydrogen-bond acceptors (Lipinski definition) is 3. The fourth-order valence-electron chi connectivity index (χ4n) is 1.02. The predicted octanol–water partition coefficient (Wildman–Crippen LogP) is 0.613. The van der Waals surface area contributed by atoms with Gasteiger partial charge in [-0.2, -0.15) is 0 Å². The van der Waals surface area contributed by atoms with E-state index in [2.05, 4.69) is 0 Å². The maximum atomic E-state index is 10.5. The number of aliphatic carboxylic acids is 1. The van der Waals surface area contributed by atoms with Gasteiger partial charge in [0.15, 0.2) is 11.9 Å². The van der Waals surface area contributed by atoms with Gasteiger partial charge in [0.2, 0.25) is 0 Å². The zero-order valence-corrected chi connectivity index (χ0v) is 6.66. The van der Waals surface area contributed by atoms with Crippen molar-refractivity contribution in [3.8, 4) is 0 Å².